The molecule has 0 amide bonds. The lowest BCUT2D eigenvalue weighted by atomic mass is 9.98. The van der Waals surface area contributed by atoms with Crippen LogP contribution in [0.25, 0.3) is 11.1 Å². The van der Waals surface area contributed by atoms with Crippen molar-refractivity contribution < 1.29 is 0 Å². The van der Waals surface area contributed by atoms with Gasteiger partial charge in [0, 0.05) is 0 Å². The molecular weight excluding hydrogens is 192 g/mol. The van der Waals surface area contributed by atoms with Gasteiger partial charge in [0.15, 0.2) is 0 Å². The number of aryl methyl sites for hydroxylation is 3. The van der Waals surface area contributed by atoms with E-state index in [2.05, 4.69) is 64.1 Å². The standard InChI is InChI=1S/C16H17/c1-11-5-7-15(9-13(11)3)16-8-6-12(2)14(4)10-16/h5-10H,3H2,1-2,4H3/q-1. The zero-order valence-corrected chi connectivity index (χ0v) is 10.2. The van der Waals surface area contributed by atoms with E-state index in [4.69, 9.17) is 0 Å². The predicted octanol–water partition coefficient (Wildman–Crippen LogP) is 4.46. The highest BCUT2D eigenvalue weighted by Gasteiger charge is 1.97. The van der Waals surface area contributed by atoms with Crippen LogP contribution in [0.2, 0.25) is 0 Å². The van der Waals surface area contributed by atoms with E-state index in [1.54, 1.807) is 0 Å². The average molecular weight is 209 g/mol. The minimum atomic E-state index is 1.11. The van der Waals surface area contributed by atoms with Gasteiger partial charge in [-0.15, -0.1) is 6.07 Å². The summed E-state index contributed by atoms with van der Waals surface area (Å²) in [5.74, 6) is 0. The lowest BCUT2D eigenvalue weighted by molar-refractivity contribution is 1.34. The number of benzene rings is 2. The molecule has 2 aromatic carbocycles. The first-order chi connectivity index (χ1) is 7.58. The lowest BCUT2D eigenvalue weighted by Gasteiger charge is -2.13. The molecule has 0 radical (unpaired) electrons. The maximum atomic E-state index is 4.05. The fourth-order valence-electron chi connectivity index (χ4n) is 1.77. The van der Waals surface area contributed by atoms with Gasteiger partial charge >= 0.3 is 0 Å². The van der Waals surface area contributed by atoms with E-state index < -0.39 is 0 Å². The monoisotopic (exact) mass is 209 g/mol. The van der Waals surface area contributed by atoms with Crippen LogP contribution in [0.4, 0.5) is 0 Å². The van der Waals surface area contributed by atoms with Crippen molar-refractivity contribution in [2.75, 3.05) is 0 Å². The van der Waals surface area contributed by atoms with Gasteiger partial charge in [0.25, 0.3) is 0 Å². The molecule has 0 aromatic heterocycles. The van der Waals surface area contributed by atoms with Crippen LogP contribution in [-0.4, -0.2) is 0 Å². The highest BCUT2D eigenvalue weighted by molar-refractivity contribution is 5.66. The summed E-state index contributed by atoms with van der Waals surface area (Å²) in [6.45, 7) is 10.4. The van der Waals surface area contributed by atoms with E-state index in [0.29, 0.717) is 0 Å². The Kier molecular flexibility index (Phi) is 2.74. The van der Waals surface area contributed by atoms with Crippen LogP contribution in [0, 0.1) is 27.7 Å². The molecule has 2 rings (SSSR count). The van der Waals surface area contributed by atoms with E-state index in [9.17, 15) is 0 Å². The van der Waals surface area contributed by atoms with Gasteiger partial charge < -0.3 is 0 Å². The molecule has 0 heteroatoms. The van der Waals surface area contributed by atoms with Gasteiger partial charge in [-0.25, -0.2) is 0 Å². The molecule has 0 saturated carbocycles. The molecule has 0 saturated heterocycles. The number of rotatable bonds is 1. The first-order valence-electron chi connectivity index (χ1n) is 5.58. The normalized spacial score (nSPS) is 10.4. The summed E-state index contributed by atoms with van der Waals surface area (Å²) in [5.41, 5.74) is 7.55. The Morgan fingerprint density at radius 2 is 1.25 bits per heavy atom. The predicted molar refractivity (Wildman–Crippen MR) is 70.5 cm³/mol. The number of hydrogen-bond donors (Lipinski definition) is 0. The van der Waals surface area contributed by atoms with Gasteiger partial charge in [-0.05, 0) is 30.5 Å². The van der Waals surface area contributed by atoms with E-state index in [1.807, 2.05) is 0 Å². The molecule has 0 fully saturated rings. The van der Waals surface area contributed by atoms with Gasteiger partial charge in [0.2, 0.25) is 0 Å². The van der Waals surface area contributed by atoms with E-state index >= 15 is 0 Å². The Bertz CT molecular complexity index is 472. The third-order valence-electron chi connectivity index (χ3n) is 3.19. The molecule has 0 aliphatic carbocycles. The van der Waals surface area contributed by atoms with Gasteiger partial charge in [0.05, 0.1) is 0 Å². The summed E-state index contributed by atoms with van der Waals surface area (Å²) in [5, 5.41) is 0. The zero-order chi connectivity index (χ0) is 11.7. The smallest absolute Gasteiger partial charge is 0.0304 e. The Balaban J connectivity index is 2.50. The van der Waals surface area contributed by atoms with Crippen LogP contribution >= 0.6 is 0 Å². The molecule has 0 bridgehead atoms. The highest BCUT2D eigenvalue weighted by atomic mass is 14.1. The number of hydrogen-bond acceptors (Lipinski definition) is 0. The van der Waals surface area contributed by atoms with Gasteiger partial charge in [-0.2, -0.15) is 24.1 Å². The summed E-state index contributed by atoms with van der Waals surface area (Å²) < 4.78 is 0. The van der Waals surface area contributed by atoms with Gasteiger partial charge in [-0.1, -0.05) is 36.8 Å². The van der Waals surface area contributed by atoms with E-state index in [-0.39, 0.29) is 0 Å². The van der Waals surface area contributed by atoms with Gasteiger partial charge in [-0.3, -0.25) is 0 Å². The minimum absolute atomic E-state index is 1.11. The molecule has 0 N–H and O–H groups in total. The quantitative estimate of drug-likeness (QED) is 0.608. The van der Waals surface area contributed by atoms with Gasteiger partial charge in [0.1, 0.15) is 0 Å². The van der Waals surface area contributed by atoms with Crippen molar-refractivity contribution in [2.24, 2.45) is 0 Å². The lowest BCUT2D eigenvalue weighted by Crippen LogP contribution is -1.86. The molecule has 0 aliphatic heterocycles. The van der Waals surface area contributed by atoms with Crippen molar-refractivity contribution in [2.45, 2.75) is 20.8 Å². The van der Waals surface area contributed by atoms with Crippen molar-refractivity contribution in [3.63, 3.8) is 0 Å². The Morgan fingerprint density at radius 1 is 0.688 bits per heavy atom. The molecule has 0 nitrogen and oxygen atoms in total. The molecule has 0 aliphatic rings. The van der Waals surface area contributed by atoms with Crippen LogP contribution in [0.3, 0.4) is 0 Å². The molecule has 16 heavy (non-hydrogen) atoms. The first kappa shape index (κ1) is 10.8. The summed E-state index contributed by atoms with van der Waals surface area (Å²) >= 11 is 0. The van der Waals surface area contributed by atoms with Crippen molar-refractivity contribution >= 4 is 0 Å². The fraction of sp³-hybridized carbons (Fsp3) is 0.188. The second-order valence-corrected chi connectivity index (χ2v) is 4.44. The summed E-state index contributed by atoms with van der Waals surface area (Å²) in [6, 6.07) is 13.0. The van der Waals surface area contributed by atoms with Crippen molar-refractivity contribution in [1.82, 2.24) is 0 Å². The van der Waals surface area contributed by atoms with Crippen LogP contribution in [-0.2, 0) is 0 Å². The Hall–Kier alpha value is -1.69. The molecule has 82 valence electrons. The second kappa shape index (κ2) is 4.05. The summed E-state index contributed by atoms with van der Waals surface area (Å²) in [7, 11) is 0. The largest absolute Gasteiger partial charge is 0.198 e. The summed E-state index contributed by atoms with van der Waals surface area (Å²) in [4.78, 5) is 0. The van der Waals surface area contributed by atoms with E-state index in [1.165, 1.54) is 27.8 Å². The molecule has 0 atom stereocenters. The van der Waals surface area contributed by atoms with Crippen LogP contribution < -0.4 is 0 Å². The summed E-state index contributed by atoms with van der Waals surface area (Å²) in [6.07, 6.45) is 0. The van der Waals surface area contributed by atoms with Crippen molar-refractivity contribution in [1.29, 1.82) is 0 Å². The molecule has 0 spiro atoms. The zero-order valence-electron chi connectivity index (χ0n) is 10.2. The minimum Gasteiger partial charge on any atom is -0.198 e. The first-order valence-corrected chi connectivity index (χ1v) is 5.58. The molecule has 0 heterocycles. The van der Waals surface area contributed by atoms with Crippen LogP contribution in [0.5, 0.6) is 0 Å². The maximum Gasteiger partial charge on any atom is -0.0304 e. The average Bonchev–Trinajstić information content (AvgIpc) is 2.26. The SMILES string of the molecule is [CH2-]c1cc(-c2ccc(C)c(C)c2)ccc1C. The van der Waals surface area contributed by atoms with Crippen molar-refractivity contribution in [3.05, 3.63) is 65.6 Å². The maximum absolute atomic E-state index is 4.05. The molecule has 2 aromatic rings. The molecule has 0 unspecified atom stereocenters. The molecular formula is C16H17-. The van der Waals surface area contributed by atoms with Crippen LogP contribution in [0.1, 0.15) is 22.3 Å². The van der Waals surface area contributed by atoms with E-state index in [0.717, 1.165) is 5.56 Å². The third-order valence-corrected chi connectivity index (χ3v) is 3.19. The topological polar surface area (TPSA) is 0 Å². The highest BCUT2D eigenvalue weighted by Crippen LogP contribution is 2.24. The second-order valence-electron chi connectivity index (χ2n) is 4.44. The van der Waals surface area contributed by atoms with Crippen LogP contribution in [0.15, 0.2) is 36.4 Å². The third kappa shape index (κ3) is 1.96. The van der Waals surface area contributed by atoms with Crippen molar-refractivity contribution in [3.8, 4) is 11.1 Å². The Labute approximate surface area is 97.9 Å². The Morgan fingerprint density at radius 3 is 1.81 bits per heavy atom. The fourth-order valence-corrected chi connectivity index (χ4v) is 1.77.